The maximum Gasteiger partial charge on any atom is 0.137 e. The second-order valence-corrected chi connectivity index (χ2v) is 6.44. The Balaban J connectivity index is 2.02. The molecule has 0 spiro atoms. The first-order chi connectivity index (χ1) is 10.1. The molecule has 1 aromatic carbocycles. The van der Waals surface area contributed by atoms with Gasteiger partial charge in [0.2, 0.25) is 0 Å². The maximum absolute atomic E-state index is 14.4. The number of hydrogen-bond donors (Lipinski definition) is 1. The molecular weight excluding hydrogens is 283 g/mol. The van der Waals surface area contributed by atoms with Crippen molar-refractivity contribution >= 4 is 17.2 Å². The van der Waals surface area contributed by atoms with E-state index in [1.54, 1.807) is 6.07 Å². The van der Waals surface area contributed by atoms with E-state index in [9.17, 15) is 4.39 Å². The fourth-order valence-electron chi connectivity index (χ4n) is 3.21. The quantitative estimate of drug-likeness (QED) is 0.838. The lowest BCUT2D eigenvalue weighted by Crippen LogP contribution is -2.25. The third-order valence-corrected chi connectivity index (χ3v) is 4.60. The van der Waals surface area contributed by atoms with Gasteiger partial charge in [-0.3, -0.25) is 4.90 Å². The normalized spacial score (nSPS) is 20.2. The molecule has 2 nitrogen and oxygen atoms in total. The van der Waals surface area contributed by atoms with Gasteiger partial charge in [0.25, 0.3) is 0 Å². The highest BCUT2D eigenvalue weighted by molar-refractivity contribution is 7.80. The topological polar surface area (TPSA) is 29.3 Å². The summed E-state index contributed by atoms with van der Waals surface area (Å²) >= 11 is 4.90. The van der Waals surface area contributed by atoms with Gasteiger partial charge >= 0.3 is 0 Å². The lowest BCUT2D eigenvalue weighted by Gasteiger charge is -2.21. The molecule has 2 N–H and O–H groups in total. The third kappa shape index (κ3) is 4.48. The minimum atomic E-state index is -0.251. The van der Waals surface area contributed by atoms with Crippen molar-refractivity contribution in [2.24, 2.45) is 11.7 Å². The van der Waals surface area contributed by atoms with Crippen LogP contribution in [-0.2, 0) is 6.54 Å². The van der Waals surface area contributed by atoms with Gasteiger partial charge in [-0.1, -0.05) is 44.1 Å². The molecule has 21 heavy (non-hydrogen) atoms. The molecule has 0 radical (unpaired) electrons. The van der Waals surface area contributed by atoms with Gasteiger partial charge in [-0.25, -0.2) is 4.39 Å². The minimum absolute atomic E-state index is 0.133. The molecule has 0 saturated carbocycles. The van der Waals surface area contributed by atoms with Crippen LogP contribution in [0.4, 0.5) is 4.39 Å². The number of likely N-dealkylation sites (tertiary alicyclic amines) is 1. The molecule has 1 aromatic rings. The van der Waals surface area contributed by atoms with Crippen LogP contribution in [0.2, 0.25) is 0 Å². The first-order valence-corrected chi connectivity index (χ1v) is 8.32. The molecule has 1 unspecified atom stereocenters. The van der Waals surface area contributed by atoms with Crippen LogP contribution in [-0.4, -0.2) is 23.0 Å². The molecule has 1 saturated heterocycles. The van der Waals surface area contributed by atoms with Crippen molar-refractivity contribution in [3.63, 3.8) is 0 Å². The molecule has 0 aliphatic carbocycles. The smallest absolute Gasteiger partial charge is 0.137 e. The lowest BCUT2D eigenvalue weighted by atomic mass is 9.96. The van der Waals surface area contributed by atoms with E-state index in [4.69, 9.17) is 18.0 Å². The minimum Gasteiger partial charge on any atom is -0.389 e. The Morgan fingerprint density at radius 2 is 2.19 bits per heavy atom. The molecule has 1 atom stereocenters. The van der Waals surface area contributed by atoms with Crippen LogP contribution in [0.15, 0.2) is 18.2 Å². The molecule has 116 valence electrons. The van der Waals surface area contributed by atoms with E-state index >= 15 is 0 Å². The van der Waals surface area contributed by atoms with Crippen LogP contribution in [0.25, 0.3) is 0 Å². The molecule has 0 bridgehead atoms. The van der Waals surface area contributed by atoms with Gasteiger partial charge < -0.3 is 5.73 Å². The zero-order chi connectivity index (χ0) is 15.2. The molecule has 2 rings (SSSR count). The molecule has 4 heteroatoms. The summed E-state index contributed by atoms with van der Waals surface area (Å²) in [7, 11) is 0. The summed E-state index contributed by atoms with van der Waals surface area (Å²) in [6.07, 6.45) is 6.32. The van der Waals surface area contributed by atoms with Crippen molar-refractivity contribution in [2.45, 2.75) is 45.6 Å². The van der Waals surface area contributed by atoms with E-state index in [0.29, 0.717) is 17.7 Å². The summed E-state index contributed by atoms with van der Waals surface area (Å²) in [5.41, 5.74) is 6.64. The first kappa shape index (κ1) is 16.4. The largest absolute Gasteiger partial charge is 0.389 e. The van der Waals surface area contributed by atoms with Crippen molar-refractivity contribution in [3.8, 4) is 0 Å². The molecule has 1 aliphatic heterocycles. The predicted molar refractivity (Wildman–Crippen MR) is 89.8 cm³/mol. The first-order valence-electron chi connectivity index (χ1n) is 7.91. The van der Waals surface area contributed by atoms with Crippen LogP contribution < -0.4 is 5.73 Å². The summed E-state index contributed by atoms with van der Waals surface area (Å²) in [5.74, 6) is 0.590. The monoisotopic (exact) mass is 308 g/mol. The molecule has 0 amide bonds. The van der Waals surface area contributed by atoms with Crippen LogP contribution in [0.3, 0.4) is 0 Å². The SMILES string of the molecule is CCCC1CCCN(Cc2cccc(C(N)=S)c2F)CC1. The summed E-state index contributed by atoms with van der Waals surface area (Å²) in [6, 6.07) is 5.33. The number of rotatable bonds is 5. The molecule has 1 heterocycles. The van der Waals surface area contributed by atoms with E-state index in [0.717, 1.165) is 19.0 Å². The van der Waals surface area contributed by atoms with Gasteiger partial charge in [0.15, 0.2) is 0 Å². The van der Waals surface area contributed by atoms with Gasteiger partial charge in [-0.2, -0.15) is 0 Å². The highest BCUT2D eigenvalue weighted by Crippen LogP contribution is 2.23. The van der Waals surface area contributed by atoms with E-state index in [1.165, 1.54) is 32.1 Å². The molecule has 1 aliphatic rings. The molecular formula is C17H25FN2S. The second-order valence-electron chi connectivity index (χ2n) is 6.00. The zero-order valence-electron chi connectivity index (χ0n) is 12.8. The van der Waals surface area contributed by atoms with E-state index < -0.39 is 0 Å². The van der Waals surface area contributed by atoms with E-state index in [-0.39, 0.29) is 10.8 Å². The number of nitrogens with zero attached hydrogens (tertiary/aromatic N) is 1. The fourth-order valence-corrected chi connectivity index (χ4v) is 3.37. The standard InChI is InChI=1S/C17H25FN2S/c1-2-5-13-6-4-10-20(11-9-13)12-14-7-3-8-15(16(14)18)17(19)21/h3,7-8,13H,2,4-6,9-12H2,1H3,(H2,19,21). The molecule has 1 fully saturated rings. The Labute approximate surface area is 132 Å². The lowest BCUT2D eigenvalue weighted by molar-refractivity contribution is 0.267. The molecule has 0 aromatic heterocycles. The van der Waals surface area contributed by atoms with Crippen LogP contribution in [0.1, 0.15) is 50.2 Å². The number of benzene rings is 1. The van der Waals surface area contributed by atoms with Crippen molar-refractivity contribution in [2.75, 3.05) is 13.1 Å². The van der Waals surface area contributed by atoms with Gasteiger partial charge in [-0.15, -0.1) is 0 Å². The zero-order valence-corrected chi connectivity index (χ0v) is 13.6. The van der Waals surface area contributed by atoms with Crippen molar-refractivity contribution in [1.29, 1.82) is 0 Å². The van der Waals surface area contributed by atoms with Crippen LogP contribution in [0, 0.1) is 11.7 Å². The maximum atomic E-state index is 14.4. The highest BCUT2D eigenvalue weighted by atomic mass is 32.1. The van der Waals surface area contributed by atoms with Crippen LogP contribution >= 0.6 is 12.2 Å². The Morgan fingerprint density at radius 1 is 1.38 bits per heavy atom. The van der Waals surface area contributed by atoms with Gasteiger partial charge in [-0.05, 0) is 44.3 Å². The van der Waals surface area contributed by atoms with Crippen LogP contribution in [0.5, 0.6) is 0 Å². The van der Waals surface area contributed by atoms with Gasteiger partial charge in [0.05, 0.1) is 0 Å². The number of thiocarbonyl (C=S) groups is 1. The van der Waals surface area contributed by atoms with Crippen molar-refractivity contribution in [3.05, 3.63) is 35.1 Å². The summed E-state index contributed by atoms with van der Waals surface area (Å²) in [5, 5.41) is 0. The second kappa shape index (κ2) is 7.85. The van der Waals surface area contributed by atoms with Gasteiger partial charge in [0.1, 0.15) is 10.8 Å². The average molecular weight is 308 g/mol. The van der Waals surface area contributed by atoms with E-state index in [2.05, 4.69) is 11.8 Å². The Kier molecular flexibility index (Phi) is 6.12. The number of halogens is 1. The Hall–Kier alpha value is -1.00. The predicted octanol–water partition coefficient (Wildman–Crippen LogP) is 3.86. The van der Waals surface area contributed by atoms with Crippen molar-refractivity contribution in [1.82, 2.24) is 4.90 Å². The third-order valence-electron chi connectivity index (χ3n) is 4.38. The van der Waals surface area contributed by atoms with Crippen molar-refractivity contribution < 1.29 is 4.39 Å². The Bertz CT molecular complexity index is 490. The van der Waals surface area contributed by atoms with Gasteiger partial charge in [0, 0.05) is 17.7 Å². The summed E-state index contributed by atoms with van der Waals surface area (Å²) in [4.78, 5) is 2.49. The number of hydrogen-bond acceptors (Lipinski definition) is 2. The summed E-state index contributed by atoms with van der Waals surface area (Å²) < 4.78 is 14.4. The average Bonchev–Trinajstić information content (AvgIpc) is 2.67. The van der Waals surface area contributed by atoms with E-state index in [1.807, 2.05) is 12.1 Å². The highest BCUT2D eigenvalue weighted by Gasteiger charge is 2.18. The Morgan fingerprint density at radius 3 is 2.90 bits per heavy atom. The fraction of sp³-hybridized carbons (Fsp3) is 0.588. The number of nitrogens with two attached hydrogens (primary N) is 1. The summed E-state index contributed by atoms with van der Waals surface area (Å²) in [6.45, 7) is 5.01.